The van der Waals surface area contributed by atoms with Crippen LogP contribution >= 0.6 is 12.2 Å². The molecule has 0 aliphatic carbocycles. The van der Waals surface area contributed by atoms with E-state index < -0.39 is 28.7 Å². The predicted molar refractivity (Wildman–Crippen MR) is 159 cm³/mol. The van der Waals surface area contributed by atoms with Crippen molar-refractivity contribution >= 4 is 28.9 Å². The third kappa shape index (κ3) is 7.38. The number of ether oxygens (including phenoxy) is 1. The zero-order chi connectivity index (χ0) is 30.4. The van der Waals surface area contributed by atoms with E-state index in [1.165, 1.54) is 11.6 Å². The van der Waals surface area contributed by atoms with Crippen LogP contribution in [0.25, 0.3) is 0 Å². The number of nitrogens with zero attached hydrogens (tertiary/aromatic N) is 3. The molecule has 1 heterocycles. The summed E-state index contributed by atoms with van der Waals surface area (Å²) in [5.74, 6) is 0.328. The van der Waals surface area contributed by atoms with Crippen LogP contribution < -0.4 is 15.0 Å². The summed E-state index contributed by atoms with van der Waals surface area (Å²) in [7, 11) is 0. The van der Waals surface area contributed by atoms with Gasteiger partial charge in [0.2, 0.25) is 0 Å². The summed E-state index contributed by atoms with van der Waals surface area (Å²) in [6.45, 7) is 10.7. The molecule has 10 heteroatoms. The van der Waals surface area contributed by atoms with E-state index in [0.29, 0.717) is 25.6 Å². The first kappa shape index (κ1) is 32.4. The summed E-state index contributed by atoms with van der Waals surface area (Å²) in [6, 6.07) is 13.5. The number of carbonyl (C=O) groups is 1. The fraction of sp³-hybridized carbons (Fsp3) is 0.516. The molecule has 0 radical (unpaired) electrons. The molecule has 1 aliphatic rings. The van der Waals surface area contributed by atoms with Crippen molar-refractivity contribution in [2.45, 2.75) is 90.5 Å². The minimum Gasteiger partial charge on any atom is -0.494 e. The number of alkyl halides is 3. The molecular formula is C31H39F3N4O2S. The molecule has 2 aromatic rings. The van der Waals surface area contributed by atoms with Gasteiger partial charge in [0.1, 0.15) is 11.3 Å². The molecule has 0 saturated carbocycles. The second kappa shape index (κ2) is 13.7. The first-order chi connectivity index (χ1) is 19.4. The summed E-state index contributed by atoms with van der Waals surface area (Å²) in [5, 5.41) is 13.0. The van der Waals surface area contributed by atoms with Gasteiger partial charge in [0.15, 0.2) is 5.11 Å². The highest BCUT2D eigenvalue weighted by molar-refractivity contribution is 7.80. The smallest absolute Gasteiger partial charge is 0.417 e. The molecule has 6 nitrogen and oxygen atoms in total. The molecule has 2 aromatic carbocycles. The zero-order valence-electron chi connectivity index (χ0n) is 24.3. The Balaban J connectivity index is 1.68. The van der Waals surface area contributed by atoms with Crippen molar-refractivity contribution in [1.29, 1.82) is 5.26 Å². The van der Waals surface area contributed by atoms with Crippen molar-refractivity contribution in [2.75, 3.05) is 18.1 Å². The Labute approximate surface area is 246 Å². The highest BCUT2D eigenvalue weighted by Crippen LogP contribution is 2.38. The highest BCUT2D eigenvalue weighted by Gasteiger charge is 2.49. The van der Waals surface area contributed by atoms with E-state index >= 15 is 0 Å². The van der Waals surface area contributed by atoms with E-state index in [4.69, 9.17) is 22.2 Å². The zero-order valence-corrected chi connectivity index (χ0v) is 25.2. The predicted octanol–water partition coefficient (Wildman–Crippen LogP) is 7.38. The van der Waals surface area contributed by atoms with E-state index in [-0.39, 0.29) is 16.8 Å². The van der Waals surface area contributed by atoms with E-state index in [1.54, 1.807) is 24.8 Å². The van der Waals surface area contributed by atoms with Crippen LogP contribution in [0, 0.1) is 11.3 Å². The Kier molecular flexibility index (Phi) is 10.8. The fourth-order valence-corrected chi connectivity index (χ4v) is 5.63. The summed E-state index contributed by atoms with van der Waals surface area (Å²) < 4.78 is 46.7. The number of hydrogen-bond acceptors (Lipinski definition) is 5. The lowest BCUT2D eigenvalue weighted by Crippen LogP contribution is -2.44. The summed E-state index contributed by atoms with van der Waals surface area (Å²) in [4.78, 5) is 16.1. The fourth-order valence-electron chi connectivity index (χ4n) is 5.12. The number of amides is 1. The largest absolute Gasteiger partial charge is 0.494 e. The summed E-state index contributed by atoms with van der Waals surface area (Å²) in [5.41, 5.74) is -1.50. The normalized spacial score (nSPS) is 15.9. The molecule has 1 unspecified atom stereocenters. The van der Waals surface area contributed by atoms with E-state index in [2.05, 4.69) is 38.2 Å². The first-order valence-corrected chi connectivity index (χ1v) is 14.6. The number of benzene rings is 2. The van der Waals surface area contributed by atoms with Crippen LogP contribution in [0.4, 0.5) is 18.9 Å². The molecule has 41 heavy (non-hydrogen) atoms. The van der Waals surface area contributed by atoms with Gasteiger partial charge in [-0.25, -0.2) is 0 Å². The van der Waals surface area contributed by atoms with Gasteiger partial charge in [-0.1, -0.05) is 39.3 Å². The summed E-state index contributed by atoms with van der Waals surface area (Å²) >= 11 is 5.57. The van der Waals surface area contributed by atoms with Crippen molar-refractivity contribution in [2.24, 2.45) is 0 Å². The molecule has 1 amide bonds. The summed E-state index contributed by atoms with van der Waals surface area (Å²) in [6.07, 6.45) is 0.0162. The number of thiocarbonyl (C=S) groups is 1. The monoisotopic (exact) mass is 588 g/mol. The molecule has 222 valence electrons. The van der Waals surface area contributed by atoms with Crippen molar-refractivity contribution in [1.82, 2.24) is 10.2 Å². The van der Waals surface area contributed by atoms with Crippen LogP contribution in [0.2, 0.25) is 0 Å². The molecule has 0 spiro atoms. The third-order valence-corrected chi connectivity index (χ3v) is 7.97. The maximum absolute atomic E-state index is 13.6. The average molecular weight is 589 g/mol. The van der Waals surface area contributed by atoms with Crippen molar-refractivity contribution < 1.29 is 22.7 Å². The molecular weight excluding hydrogens is 549 g/mol. The van der Waals surface area contributed by atoms with Gasteiger partial charge in [-0.15, -0.1) is 0 Å². The van der Waals surface area contributed by atoms with Gasteiger partial charge >= 0.3 is 6.18 Å². The lowest BCUT2D eigenvalue weighted by Gasteiger charge is -2.29. The lowest BCUT2D eigenvalue weighted by atomic mass is 10.00. The van der Waals surface area contributed by atoms with Crippen molar-refractivity contribution in [3.8, 4) is 11.8 Å². The topological polar surface area (TPSA) is 68.6 Å². The number of anilines is 1. The highest BCUT2D eigenvalue weighted by atomic mass is 32.1. The van der Waals surface area contributed by atoms with Gasteiger partial charge in [0.25, 0.3) is 5.91 Å². The SMILES string of the molecule is CCCC(NC(CC)CC)c1cccc(OCCCN2C(=S)N(c3ccc(C#N)c(C(F)(F)F)c3)C(=O)C2(C)C)c1. The van der Waals surface area contributed by atoms with Crippen LogP contribution in [-0.4, -0.2) is 40.7 Å². The van der Waals surface area contributed by atoms with Gasteiger partial charge in [-0.05, 0) is 87.6 Å². The second-order valence-corrected chi connectivity index (χ2v) is 11.1. The number of halogens is 3. The van der Waals surface area contributed by atoms with Crippen molar-refractivity contribution in [3.63, 3.8) is 0 Å². The van der Waals surface area contributed by atoms with Gasteiger partial charge in [-0.2, -0.15) is 18.4 Å². The molecule has 1 fully saturated rings. The minimum absolute atomic E-state index is 0.0152. The molecule has 0 bridgehead atoms. The van der Waals surface area contributed by atoms with Crippen LogP contribution in [-0.2, 0) is 11.0 Å². The maximum Gasteiger partial charge on any atom is 0.417 e. The minimum atomic E-state index is -4.74. The van der Waals surface area contributed by atoms with Gasteiger partial charge in [0, 0.05) is 18.6 Å². The maximum atomic E-state index is 13.6. The lowest BCUT2D eigenvalue weighted by molar-refractivity contribution is -0.137. The van der Waals surface area contributed by atoms with Crippen LogP contribution in [0.5, 0.6) is 5.75 Å². The van der Waals surface area contributed by atoms with Crippen LogP contribution in [0.15, 0.2) is 42.5 Å². The number of nitrogens with one attached hydrogen (secondary N) is 1. The first-order valence-electron chi connectivity index (χ1n) is 14.1. The van der Waals surface area contributed by atoms with Gasteiger partial charge < -0.3 is 15.0 Å². The third-order valence-electron chi connectivity index (χ3n) is 7.57. The Morgan fingerprint density at radius 3 is 2.44 bits per heavy atom. The van der Waals surface area contributed by atoms with Crippen LogP contribution in [0.3, 0.4) is 0 Å². The Morgan fingerprint density at radius 1 is 1.12 bits per heavy atom. The van der Waals surface area contributed by atoms with Gasteiger partial charge in [-0.3, -0.25) is 9.69 Å². The second-order valence-electron chi connectivity index (χ2n) is 10.8. The quantitative estimate of drug-likeness (QED) is 0.195. The Bertz CT molecular complexity index is 1270. The van der Waals surface area contributed by atoms with Gasteiger partial charge in [0.05, 0.1) is 29.5 Å². The van der Waals surface area contributed by atoms with E-state index in [0.717, 1.165) is 48.5 Å². The van der Waals surface area contributed by atoms with E-state index in [1.807, 2.05) is 12.1 Å². The number of carbonyl (C=O) groups excluding carboxylic acids is 1. The molecule has 1 aliphatic heterocycles. The molecule has 1 atom stereocenters. The van der Waals surface area contributed by atoms with E-state index in [9.17, 15) is 18.0 Å². The molecule has 0 aromatic heterocycles. The molecule has 1 saturated heterocycles. The standard InChI is InChI=1S/C31H39F3N4O2S/c1-6-11-27(36-23(7-2)8-3)21-12-9-13-25(18-21)40-17-10-16-37-29(41)38(28(39)30(37,4)5)24-15-14-22(20-35)26(19-24)31(32,33)34/h9,12-15,18-19,23,27,36H,6-8,10-11,16-17H2,1-5H3. The number of rotatable bonds is 13. The van der Waals surface area contributed by atoms with Crippen LogP contribution in [0.1, 0.15) is 89.5 Å². The Hall–Kier alpha value is -3.16. The number of nitriles is 1. The average Bonchev–Trinajstić information content (AvgIpc) is 3.11. The molecule has 1 N–H and O–H groups in total. The Morgan fingerprint density at radius 2 is 1.83 bits per heavy atom. The van der Waals surface area contributed by atoms with Crippen molar-refractivity contribution in [3.05, 3.63) is 59.2 Å². The number of hydrogen-bond donors (Lipinski definition) is 1. The molecule has 3 rings (SSSR count).